The Morgan fingerprint density at radius 1 is 1.50 bits per heavy atom. The molecule has 2 heterocycles. The van der Waals surface area contributed by atoms with E-state index in [9.17, 15) is 9.59 Å². The zero-order chi connectivity index (χ0) is 13.1. The van der Waals surface area contributed by atoms with Crippen molar-refractivity contribution in [1.29, 1.82) is 0 Å². The summed E-state index contributed by atoms with van der Waals surface area (Å²) < 4.78 is 0.437. The van der Waals surface area contributed by atoms with Gasteiger partial charge in [-0.05, 0) is 6.07 Å². The van der Waals surface area contributed by atoms with Gasteiger partial charge in [-0.25, -0.2) is 0 Å². The first kappa shape index (κ1) is 13.2. The molecule has 0 saturated carbocycles. The first-order valence-corrected chi connectivity index (χ1v) is 6.34. The predicted octanol–water partition coefficient (Wildman–Crippen LogP) is 1.72. The highest BCUT2D eigenvalue weighted by atomic mass is 32.1. The first-order valence-electron chi connectivity index (χ1n) is 5.49. The molecule has 1 saturated heterocycles. The number of carbonyl (C=O) groups is 2. The fourth-order valence-corrected chi connectivity index (χ4v) is 2.27. The molecule has 1 aromatic rings. The van der Waals surface area contributed by atoms with Gasteiger partial charge in [-0.3, -0.25) is 19.5 Å². The number of nitrogens with zero attached hydrogens (tertiary/aromatic N) is 2. The minimum atomic E-state index is -0.487. The Balaban J connectivity index is 2.34. The zero-order valence-electron chi connectivity index (χ0n) is 9.50. The lowest BCUT2D eigenvalue weighted by atomic mass is 10.1. The Morgan fingerprint density at radius 3 is 2.67 bits per heavy atom. The number of thiol groups is 1. The van der Waals surface area contributed by atoms with Gasteiger partial charge in [0.15, 0.2) is 0 Å². The molecule has 1 aliphatic rings. The number of aromatic nitrogens is 1. The van der Waals surface area contributed by atoms with Crippen LogP contribution in [0, 0.1) is 6.07 Å². The molecular formula is C12H11N2O2S2. The largest absolute Gasteiger partial charge is 0.274 e. The summed E-state index contributed by atoms with van der Waals surface area (Å²) in [6, 6.07) is 5.88. The topological polar surface area (TPSA) is 50.3 Å². The number of imide groups is 1. The summed E-state index contributed by atoms with van der Waals surface area (Å²) in [7, 11) is 0. The summed E-state index contributed by atoms with van der Waals surface area (Å²) in [6.07, 6.45) is 2.43. The minimum absolute atomic E-state index is 0.186. The van der Waals surface area contributed by atoms with Gasteiger partial charge >= 0.3 is 0 Å². The second kappa shape index (κ2) is 5.58. The first-order chi connectivity index (χ1) is 8.59. The third-order valence-electron chi connectivity index (χ3n) is 2.71. The van der Waals surface area contributed by atoms with E-state index in [1.54, 1.807) is 18.3 Å². The van der Waals surface area contributed by atoms with Crippen LogP contribution >= 0.6 is 24.8 Å². The fourth-order valence-electron chi connectivity index (χ4n) is 1.94. The molecule has 4 nitrogen and oxygen atoms in total. The van der Waals surface area contributed by atoms with E-state index in [2.05, 4.69) is 23.7 Å². The van der Waals surface area contributed by atoms with Crippen molar-refractivity contribution in [2.75, 3.05) is 0 Å². The summed E-state index contributed by atoms with van der Waals surface area (Å²) in [5, 5.41) is 0. The van der Waals surface area contributed by atoms with E-state index >= 15 is 0 Å². The molecule has 2 rings (SSSR count). The number of carbonyl (C=O) groups excluding carboxylic acids is 2. The van der Waals surface area contributed by atoms with E-state index in [4.69, 9.17) is 12.2 Å². The molecule has 18 heavy (non-hydrogen) atoms. The van der Waals surface area contributed by atoms with Crippen LogP contribution in [0.3, 0.4) is 0 Å². The Labute approximate surface area is 116 Å². The van der Waals surface area contributed by atoms with Crippen LogP contribution < -0.4 is 0 Å². The molecule has 1 atom stereocenters. The SMILES string of the molecule is O=C1CCC(=O)N1C(CC(=S)S)c1[c]cccn1. The third kappa shape index (κ3) is 2.76. The van der Waals surface area contributed by atoms with E-state index < -0.39 is 6.04 Å². The van der Waals surface area contributed by atoms with Crippen molar-refractivity contribution in [2.45, 2.75) is 25.3 Å². The molecular weight excluding hydrogens is 268 g/mol. The second-order valence-corrected chi connectivity index (χ2v) is 5.27. The van der Waals surface area contributed by atoms with Gasteiger partial charge in [0.2, 0.25) is 11.8 Å². The molecule has 1 radical (unpaired) electrons. The van der Waals surface area contributed by atoms with Gasteiger partial charge in [0.05, 0.1) is 11.7 Å². The average molecular weight is 279 g/mol. The average Bonchev–Trinajstić information content (AvgIpc) is 2.67. The van der Waals surface area contributed by atoms with Gasteiger partial charge < -0.3 is 0 Å². The maximum Gasteiger partial charge on any atom is 0.230 e. The van der Waals surface area contributed by atoms with Gasteiger partial charge in [0.1, 0.15) is 0 Å². The maximum atomic E-state index is 11.8. The summed E-state index contributed by atoms with van der Waals surface area (Å²) in [5.41, 5.74) is 0.539. The van der Waals surface area contributed by atoms with Crippen LogP contribution in [0.1, 0.15) is 31.0 Å². The van der Waals surface area contributed by atoms with E-state index in [0.717, 1.165) is 0 Å². The Bertz CT molecular complexity index is 474. The normalized spacial score (nSPS) is 17.1. The number of amides is 2. The van der Waals surface area contributed by atoms with Gasteiger partial charge in [0, 0.05) is 35.7 Å². The number of hydrogen-bond donors (Lipinski definition) is 1. The summed E-state index contributed by atoms with van der Waals surface area (Å²) >= 11 is 9.04. The molecule has 1 aromatic heterocycles. The quantitative estimate of drug-likeness (QED) is 0.518. The van der Waals surface area contributed by atoms with Gasteiger partial charge in [-0.1, -0.05) is 18.3 Å². The van der Waals surface area contributed by atoms with E-state index in [-0.39, 0.29) is 24.7 Å². The highest BCUT2D eigenvalue weighted by molar-refractivity contribution is 8.11. The molecule has 0 aliphatic carbocycles. The molecule has 6 heteroatoms. The van der Waals surface area contributed by atoms with Crippen molar-refractivity contribution < 1.29 is 9.59 Å². The van der Waals surface area contributed by atoms with Crippen LogP contribution in [0.2, 0.25) is 0 Å². The van der Waals surface area contributed by atoms with E-state index in [1.807, 2.05) is 0 Å². The lowest BCUT2D eigenvalue weighted by Crippen LogP contribution is -2.34. The molecule has 0 spiro atoms. The molecule has 0 bridgehead atoms. The number of pyridine rings is 1. The van der Waals surface area contributed by atoms with Gasteiger partial charge in [-0.15, -0.1) is 12.6 Å². The standard InChI is InChI=1S/C12H11N2O2S2/c15-10-4-5-11(16)14(10)9(7-12(17)18)8-3-1-2-6-13-8/h1-2,6,9H,4-5,7H2,(H,17,18). The Morgan fingerprint density at radius 2 is 2.17 bits per heavy atom. The van der Waals surface area contributed by atoms with Crippen LogP contribution in [-0.4, -0.2) is 25.9 Å². The molecule has 2 amide bonds. The smallest absolute Gasteiger partial charge is 0.230 e. The van der Waals surface area contributed by atoms with Crippen LogP contribution in [0.25, 0.3) is 0 Å². The second-order valence-electron chi connectivity index (χ2n) is 3.94. The lowest BCUT2D eigenvalue weighted by Gasteiger charge is -2.25. The zero-order valence-corrected chi connectivity index (χ0v) is 11.2. The molecule has 0 aromatic carbocycles. The molecule has 0 N–H and O–H groups in total. The molecule has 1 unspecified atom stereocenters. The van der Waals surface area contributed by atoms with Crippen molar-refractivity contribution in [1.82, 2.24) is 9.88 Å². The fraction of sp³-hybridized carbons (Fsp3) is 0.333. The number of likely N-dealkylation sites (tertiary alicyclic amines) is 1. The Hall–Kier alpha value is -1.27. The minimum Gasteiger partial charge on any atom is -0.274 e. The predicted molar refractivity (Wildman–Crippen MR) is 73.1 cm³/mol. The molecule has 1 aliphatic heterocycles. The number of thiocarbonyl (C=S) groups is 1. The van der Waals surface area contributed by atoms with E-state index in [1.165, 1.54) is 4.90 Å². The third-order valence-corrected chi connectivity index (χ3v) is 3.06. The lowest BCUT2D eigenvalue weighted by molar-refractivity contribution is -0.141. The van der Waals surface area contributed by atoms with Crippen LogP contribution in [0.15, 0.2) is 18.3 Å². The van der Waals surface area contributed by atoms with Crippen LogP contribution in [-0.2, 0) is 9.59 Å². The van der Waals surface area contributed by atoms with Gasteiger partial charge in [-0.2, -0.15) is 0 Å². The van der Waals surface area contributed by atoms with Crippen molar-refractivity contribution in [3.8, 4) is 0 Å². The van der Waals surface area contributed by atoms with Gasteiger partial charge in [0.25, 0.3) is 0 Å². The monoisotopic (exact) mass is 279 g/mol. The summed E-state index contributed by atoms with van der Waals surface area (Å²) in [5.74, 6) is -0.373. The van der Waals surface area contributed by atoms with Crippen LogP contribution in [0.4, 0.5) is 0 Å². The molecule has 93 valence electrons. The van der Waals surface area contributed by atoms with Crippen LogP contribution in [0.5, 0.6) is 0 Å². The highest BCUT2D eigenvalue weighted by Gasteiger charge is 2.36. The van der Waals surface area contributed by atoms with Crippen molar-refractivity contribution in [3.05, 3.63) is 30.1 Å². The summed E-state index contributed by atoms with van der Waals surface area (Å²) in [4.78, 5) is 28.9. The van der Waals surface area contributed by atoms with Crippen molar-refractivity contribution in [3.63, 3.8) is 0 Å². The number of hydrogen-bond acceptors (Lipinski definition) is 4. The molecule has 1 fully saturated rings. The Kier molecular flexibility index (Phi) is 4.08. The number of rotatable bonds is 4. The van der Waals surface area contributed by atoms with E-state index in [0.29, 0.717) is 16.3 Å². The highest BCUT2D eigenvalue weighted by Crippen LogP contribution is 2.29. The summed E-state index contributed by atoms with van der Waals surface area (Å²) in [6.45, 7) is 0. The maximum absolute atomic E-state index is 11.8. The van der Waals surface area contributed by atoms with Crippen molar-refractivity contribution in [2.24, 2.45) is 0 Å². The van der Waals surface area contributed by atoms with Crippen molar-refractivity contribution >= 4 is 40.9 Å².